The molecular weight excluding hydrogens is 212 g/mol. The molecule has 0 aliphatic heterocycles. The number of aromatic nitrogens is 1. The highest BCUT2D eigenvalue weighted by Crippen LogP contribution is 2.28. The maximum absolute atomic E-state index is 10.3. The van der Waals surface area contributed by atoms with Crippen LogP contribution in [0.3, 0.4) is 0 Å². The number of nitrogens with one attached hydrogen (secondary N) is 2. The Kier molecular flexibility index (Phi) is 2.65. The molecule has 90 valence electrons. The molecule has 0 bridgehead atoms. The van der Waals surface area contributed by atoms with E-state index in [9.17, 15) is 5.11 Å². The molecule has 1 aliphatic rings. The van der Waals surface area contributed by atoms with Gasteiger partial charge in [-0.15, -0.1) is 0 Å². The smallest absolute Gasteiger partial charge is 0.0937 e. The molecular formula is C14H18N2O. The maximum Gasteiger partial charge on any atom is 0.0937 e. The number of aliphatic hydroxyl groups excluding tert-OH is 1. The van der Waals surface area contributed by atoms with Gasteiger partial charge in [0.2, 0.25) is 0 Å². The standard InChI is InChI=1S/C14H18N2O/c1-9-14(13(17)8-15-10-6-7-10)11-4-2-3-5-12(11)16-9/h2-5,10,13,15-17H,6-8H2,1H3. The summed E-state index contributed by atoms with van der Waals surface area (Å²) in [6.45, 7) is 2.67. The number of para-hydroxylation sites is 1. The van der Waals surface area contributed by atoms with Crippen LogP contribution in [0.5, 0.6) is 0 Å². The summed E-state index contributed by atoms with van der Waals surface area (Å²) < 4.78 is 0. The summed E-state index contributed by atoms with van der Waals surface area (Å²) in [6.07, 6.45) is 2.07. The molecule has 3 heteroatoms. The van der Waals surface area contributed by atoms with Crippen molar-refractivity contribution in [2.24, 2.45) is 0 Å². The number of benzene rings is 1. The topological polar surface area (TPSA) is 48.0 Å². The summed E-state index contributed by atoms with van der Waals surface area (Å²) in [5.41, 5.74) is 3.20. The van der Waals surface area contributed by atoms with E-state index in [0.29, 0.717) is 12.6 Å². The van der Waals surface area contributed by atoms with Gasteiger partial charge in [0.05, 0.1) is 6.10 Å². The SMILES string of the molecule is Cc1[nH]c2ccccc2c1C(O)CNC1CC1. The lowest BCUT2D eigenvalue weighted by Crippen LogP contribution is -2.23. The first-order chi connectivity index (χ1) is 8.25. The Morgan fingerprint density at radius 1 is 1.41 bits per heavy atom. The minimum atomic E-state index is -0.424. The lowest BCUT2D eigenvalue weighted by Gasteiger charge is -2.12. The number of hydrogen-bond donors (Lipinski definition) is 3. The molecule has 1 fully saturated rings. The maximum atomic E-state index is 10.3. The second-order valence-electron chi connectivity index (χ2n) is 4.91. The zero-order valence-corrected chi connectivity index (χ0v) is 10.0. The number of aromatic amines is 1. The van der Waals surface area contributed by atoms with Gasteiger partial charge < -0.3 is 15.4 Å². The van der Waals surface area contributed by atoms with E-state index in [1.165, 1.54) is 12.8 Å². The zero-order valence-electron chi connectivity index (χ0n) is 10.0. The van der Waals surface area contributed by atoms with E-state index >= 15 is 0 Å². The third-order valence-electron chi connectivity index (χ3n) is 3.45. The number of aliphatic hydroxyl groups is 1. The van der Waals surface area contributed by atoms with Crippen LogP contribution in [0.15, 0.2) is 24.3 Å². The Hall–Kier alpha value is -1.32. The van der Waals surface area contributed by atoms with Crippen molar-refractivity contribution in [3.8, 4) is 0 Å². The van der Waals surface area contributed by atoms with Crippen molar-refractivity contribution in [3.63, 3.8) is 0 Å². The minimum absolute atomic E-state index is 0.424. The molecule has 1 aromatic heterocycles. The van der Waals surface area contributed by atoms with Crippen LogP contribution in [0.25, 0.3) is 10.9 Å². The third-order valence-corrected chi connectivity index (χ3v) is 3.45. The fraction of sp³-hybridized carbons (Fsp3) is 0.429. The van der Waals surface area contributed by atoms with E-state index in [2.05, 4.69) is 16.4 Å². The van der Waals surface area contributed by atoms with Gasteiger partial charge in [-0.3, -0.25) is 0 Å². The average molecular weight is 230 g/mol. The summed E-state index contributed by atoms with van der Waals surface area (Å²) in [4.78, 5) is 3.32. The third kappa shape index (κ3) is 2.08. The van der Waals surface area contributed by atoms with Crippen LogP contribution < -0.4 is 5.32 Å². The molecule has 0 amide bonds. The molecule has 0 spiro atoms. The number of rotatable bonds is 4. The first-order valence-electron chi connectivity index (χ1n) is 6.24. The summed E-state index contributed by atoms with van der Waals surface area (Å²) >= 11 is 0. The van der Waals surface area contributed by atoms with Gasteiger partial charge in [-0.05, 0) is 25.8 Å². The van der Waals surface area contributed by atoms with Crippen molar-refractivity contribution in [1.82, 2.24) is 10.3 Å². The van der Waals surface area contributed by atoms with E-state index in [-0.39, 0.29) is 0 Å². The molecule has 1 saturated carbocycles. The predicted octanol–water partition coefficient (Wildman–Crippen LogP) is 2.26. The minimum Gasteiger partial charge on any atom is -0.387 e. The normalized spacial score (nSPS) is 17.5. The molecule has 1 atom stereocenters. The van der Waals surface area contributed by atoms with E-state index in [0.717, 1.165) is 22.2 Å². The van der Waals surface area contributed by atoms with E-state index in [4.69, 9.17) is 0 Å². The molecule has 1 unspecified atom stereocenters. The number of fused-ring (bicyclic) bond motifs is 1. The van der Waals surface area contributed by atoms with Crippen LogP contribution in [-0.4, -0.2) is 22.7 Å². The molecule has 0 radical (unpaired) electrons. The van der Waals surface area contributed by atoms with Gasteiger partial charge in [0, 0.05) is 34.7 Å². The largest absolute Gasteiger partial charge is 0.387 e. The van der Waals surface area contributed by atoms with Crippen molar-refractivity contribution < 1.29 is 5.11 Å². The average Bonchev–Trinajstić information content (AvgIpc) is 3.07. The molecule has 3 N–H and O–H groups in total. The first kappa shape index (κ1) is 10.8. The fourth-order valence-corrected chi connectivity index (χ4v) is 2.40. The number of H-pyrrole nitrogens is 1. The van der Waals surface area contributed by atoms with Crippen LogP contribution in [0.1, 0.15) is 30.2 Å². The van der Waals surface area contributed by atoms with Gasteiger partial charge in [-0.2, -0.15) is 0 Å². The van der Waals surface area contributed by atoms with Crippen LogP contribution in [0.2, 0.25) is 0 Å². The molecule has 1 aliphatic carbocycles. The Bertz CT molecular complexity index is 528. The summed E-state index contributed by atoms with van der Waals surface area (Å²) in [6, 6.07) is 8.77. The molecule has 3 rings (SSSR count). The fourth-order valence-electron chi connectivity index (χ4n) is 2.40. The lowest BCUT2D eigenvalue weighted by molar-refractivity contribution is 0.175. The predicted molar refractivity (Wildman–Crippen MR) is 69.0 cm³/mol. The lowest BCUT2D eigenvalue weighted by atomic mass is 10.1. The highest BCUT2D eigenvalue weighted by atomic mass is 16.3. The number of aryl methyl sites for hydroxylation is 1. The summed E-state index contributed by atoms with van der Waals surface area (Å²) in [5.74, 6) is 0. The van der Waals surface area contributed by atoms with Crippen molar-refractivity contribution in [1.29, 1.82) is 0 Å². The highest BCUT2D eigenvalue weighted by molar-refractivity contribution is 5.84. The van der Waals surface area contributed by atoms with E-state index in [1.807, 2.05) is 25.1 Å². The van der Waals surface area contributed by atoms with E-state index < -0.39 is 6.10 Å². The second-order valence-corrected chi connectivity index (χ2v) is 4.91. The first-order valence-corrected chi connectivity index (χ1v) is 6.24. The van der Waals surface area contributed by atoms with Crippen molar-refractivity contribution in [2.75, 3.05) is 6.54 Å². The molecule has 3 nitrogen and oxygen atoms in total. The van der Waals surface area contributed by atoms with E-state index in [1.54, 1.807) is 0 Å². The van der Waals surface area contributed by atoms with Gasteiger partial charge in [-0.25, -0.2) is 0 Å². The van der Waals surface area contributed by atoms with Crippen molar-refractivity contribution in [3.05, 3.63) is 35.5 Å². The monoisotopic (exact) mass is 230 g/mol. The highest BCUT2D eigenvalue weighted by Gasteiger charge is 2.23. The Morgan fingerprint density at radius 2 is 2.18 bits per heavy atom. The molecule has 17 heavy (non-hydrogen) atoms. The Balaban J connectivity index is 1.88. The number of hydrogen-bond acceptors (Lipinski definition) is 2. The van der Waals surface area contributed by atoms with Crippen molar-refractivity contribution >= 4 is 10.9 Å². The van der Waals surface area contributed by atoms with Gasteiger partial charge in [0.25, 0.3) is 0 Å². The van der Waals surface area contributed by atoms with Gasteiger partial charge in [0.1, 0.15) is 0 Å². The van der Waals surface area contributed by atoms with Crippen LogP contribution in [0, 0.1) is 6.92 Å². The Labute approximate surface area is 101 Å². The molecule has 1 aromatic carbocycles. The molecule has 1 heterocycles. The van der Waals surface area contributed by atoms with Gasteiger partial charge in [0.15, 0.2) is 0 Å². The second kappa shape index (κ2) is 4.17. The van der Waals surface area contributed by atoms with Crippen LogP contribution in [0.4, 0.5) is 0 Å². The van der Waals surface area contributed by atoms with Gasteiger partial charge >= 0.3 is 0 Å². The zero-order chi connectivity index (χ0) is 11.8. The quantitative estimate of drug-likeness (QED) is 0.754. The van der Waals surface area contributed by atoms with Gasteiger partial charge in [-0.1, -0.05) is 18.2 Å². The summed E-state index contributed by atoms with van der Waals surface area (Å²) in [5, 5.41) is 14.8. The Morgan fingerprint density at radius 3 is 2.94 bits per heavy atom. The van der Waals surface area contributed by atoms with Crippen molar-refractivity contribution in [2.45, 2.75) is 31.9 Å². The summed E-state index contributed by atoms with van der Waals surface area (Å²) in [7, 11) is 0. The molecule has 2 aromatic rings. The van der Waals surface area contributed by atoms with Crippen LogP contribution in [-0.2, 0) is 0 Å². The van der Waals surface area contributed by atoms with Crippen LogP contribution >= 0.6 is 0 Å². The molecule has 0 saturated heterocycles.